The predicted molar refractivity (Wildman–Crippen MR) is 120 cm³/mol. The maximum absolute atomic E-state index is 11.7. The number of thiophene rings is 1. The largest absolute Gasteiger partial charge is 0.378 e. The van der Waals surface area contributed by atoms with Crippen molar-refractivity contribution in [3.63, 3.8) is 0 Å². The molecule has 1 aliphatic heterocycles. The molecular formula is C22H23N5O2S. The Morgan fingerprint density at radius 1 is 1.23 bits per heavy atom. The lowest BCUT2D eigenvalue weighted by atomic mass is 10.1. The van der Waals surface area contributed by atoms with Gasteiger partial charge in [0.2, 0.25) is 5.91 Å². The molecule has 3 aromatic heterocycles. The summed E-state index contributed by atoms with van der Waals surface area (Å²) in [6.07, 6.45) is 1.94. The summed E-state index contributed by atoms with van der Waals surface area (Å²) in [5.74, 6) is 1.72. The maximum atomic E-state index is 11.7. The fourth-order valence-corrected chi connectivity index (χ4v) is 4.86. The Kier molecular flexibility index (Phi) is 4.88. The van der Waals surface area contributed by atoms with Gasteiger partial charge in [0, 0.05) is 54.6 Å². The highest BCUT2D eigenvalue weighted by Gasteiger charge is 2.21. The Hall–Kier alpha value is -2.97. The van der Waals surface area contributed by atoms with Crippen molar-refractivity contribution in [2.45, 2.75) is 13.5 Å². The second-order valence-corrected chi connectivity index (χ2v) is 8.69. The predicted octanol–water partition coefficient (Wildman–Crippen LogP) is 3.65. The van der Waals surface area contributed by atoms with Gasteiger partial charge in [-0.1, -0.05) is 0 Å². The highest BCUT2D eigenvalue weighted by atomic mass is 32.1. The summed E-state index contributed by atoms with van der Waals surface area (Å²) in [7, 11) is 1.82. The van der Waals surface area contributed by atoms with Crippen LogP contribution in [0.25, 0.3) is 32.5 Å². The fraction of sp³-hybridized carbons (Fsp3) is 0.318. The second-order valence-electron chi connectivity index (χ2n) is 7.55. The van der Waals surface area contributed by atoms with E-state index in [0.717, 1.165) is 56.3 Å². The minimum Gasteiger partial charge on any atom is -0.378 e. The van der Waals surface area contributed by atoms with Gasteiger partial charge in [-0.2, -0.15) is 0 Å². The molecule has 0 aliphatic carbocycles. The standard InChI is InChI=1S/C22H23N5O2S/c1-14(28)26(2)13-17-12-19-20(30-17)22(27-7-9-29-10-8-27)25-21(24-19)16-3-4-18-15(11-16)5-6-23-18/h3-6,11-12,23H,7-10,13H2,1-2H3. The third-order valence-electron chi connectivity index (χ3n) is 5.46. The molecule has 154 valence electrons. The molecule has 1 N–H and O–H groups in total. The van der Waals surface area contributed by atoms with Crippen LogP contribution in [0.1, 0.15) is 11.8 Å². The van der Waals surface area contributed by atoms with Crippen molar-refractivity contribution in [1.82, 2.24) is 19.9 Å². The van der Waals surface area contributed by atoms with Crippen LogP contribution in [0.15, 0.2) is 36.5 Å². The number of benzene rings is 1. The molecule has 0 saturated carbocycles. The lowest BCUT2D eigenvalue weighted by molar-refractivity contribution is -0.128. The number of amides is 1. The van der Waals surface area contributed by atoms with E-state index in [-0.39, 0.29) is 5.91 Å². The Morgan fingerprint density at radius 3 is 2.87 bits per heavy atom. The molecule has 4 aromatic rings. The number of hydrogen-bond donors (Lipinski definition) is 1. The molecule has 7 nitrogen and oxygen atoms in total. The number of rotatable bonds is 4. The van der Waals surface area contributed by atoms with Gasteiger partial charge in [-0.05, 0) is 30.3 Å². The second kappa shape index (κ2) is 7.70. The summed E-state index contributed by atoms with van der Waals surface area (Å²) < 4.78 is 6.61. The minimum absolute atomic E-state index is 0.0486. The number of hydrogen-bond acceptors (Lipinski definition) is 6. The van der Waals surface area contributed by atoms with Crippen molar-refractivity contribution >= 4 is 44.2 Å². The van der Waals surface area contributed by atoms with E-state index in [4.69, 9.17) is 14.7 Å². The van der Waals surface area contributed by atoms with E-state index in [1.54, 1.807) is 23.2 Å². The van der Waals surface area contributed by atoms with E-state index in [2.05, 4.69) is 40.2 Å². The van der Waals surface area contributed by atoms with Crippen molar-refractivity contribution in [2.75, 3.05) is 38.3 Å². The summed E-state index contributed by atoms with van der Waals surface area (Å²) in [4.78, 5) is 29.9. The van der Waals surface area contributed by atoms with Crippen LogP contribution < -0.4 is 4.90 Å². The van der Waals surface area contributed by atoms with Crippen LogP contribution in [-0.2, 0) is 16.1 Å². The van der Waals surface area contributed by atoms with Crippen molar-refractivity contribution in [3.05, 3.63) is 41.4 Å². The summed E-state index contributed by atoms with van der Waals surface area (Å²) in [6, 6.07) is 10.4. The summed E-state index contributed by atoms with van der Waals surface area (Å²) in [6.45, 7) is 5.17. The van der Waals surface area contributed by atoms with Gasteiger partial charge in [-0.3, -0.25) is 4.79 Å². The van der Waals surface area contributed by atoms with E-state index < -0.39 is 0 Å². The first kappa shape index (κ1) is 19.0. The molecule has 1 saturated heterocycles. The Labute approximate surface area is 178 Å². The zero-order valence-electron chi connectivity index (χ0n) is 17.0. The van der Waals surface area contributed by atoms with Crippen LogP contribution in [0.2, 0.25) is 0 Å². The van der Waals surface area contributed by atoms with E-state index in [9.17, 15) is 4.79 Å². The van der Waals surface area contributed by atoms with Gasteiger partial charge in [0.1, 0.15) is 0 Å². The molecule has 0 radical (unpaired) electrons. The van der Waals surface area contributed by atoms with E-state index in [0.29, 0.717) is 19.8 Å². The fourth-order valence-electron chi connectivity index (χ4n) is 3.70. The van der Waals surface area contributed by atoms with Crippen molar-refractivity contribution in [2.24, 2.45) is 0 Å². The molecule has 0 atom stereocenters. The molecule has 0 unspecified atom stereocenters. The van der Waals surface area contributed by atoms with Crippen molar-refractivity contribution in [1.29, 1.82) is 0 Å². The Bertz CT molecular complexity index is 1220. The highest BCUT2D eigenvalue weighted by molar-refractivity contribution is 7.19. The first-order valence-electron chi connectivity index (χ1n) is 10.0. The number of morpholine rings is 1. The molecule has 30 heavy (non-hydrogen) atoms. The van der Waals surface area contributed by atoms with E-state index >= 15 is 0 Å². The first-order valence-corrected chi connectivity index (χ1v) is 10.8. The van der Waals surface area contributed by atoms with Gasteiger partial charge in [0.05, 0.1) is 30.0 Å². The van der Waals surface area contributed by atoms with Crippen LogP contribution in [0.5, 0.6) is 0 Å². The van der Waals surface area contributed by atoms with Crippen LogP contribution in [0, 0.1) is 0 Å². The minimum atomic E-state index is 0.0486. The smallest absolute Gasteiger partial charge is 0.219 e. The van der Waals surface area contributed by atoms with Gasteiger partial charge in [0.15, 0.2) is 11.6 Å². The zero-order valence-corrected chi connectivity index (χ0v) is 17.8. The number of carbonyl (C=O) groups is 1. The Morgan fingerprint density at radius 2 is 2.07 bits per heavy atom. The maximum Gasteiger partial charge on any atom is 0.219 e. The van der Waals surface area contributed by atoms with Crippen LogP contribution >= 0.6 is 11.3 Å². The average Bonchev–Trinajstić information content (AvgIpc) is 3.39. The number of aromatic nitrogens is 3. The monoisotopic (exact) mass is 421 g/mol. The number of nitrogens with zero attached hydrogens (tertiary/aromatic N) is 4. The van der Waals surface area contributed by atoms with Crippen molar-refractivity contribution in [3.8, 4) is 11.4 Å². The molecular weight excluding hydrogens is 398 g/mol. The summed E-state index contributed by atoms with van der Waals surface area (Å²) >= 11 is 1.66. The van der Waals surface area contributed by atoms with Gasteiger partial charge in [-0.25, -0.2) is 9.97 Å². The lowest BCUT2D eigenvalue weighted by Gasteiger charge is -2.28. The number of carbonyl (C=O) groups excluding carboxylic acids is 1. The van der Waals surface area contributed by atoms with Crippen molar-refractivity contribution < 1.29 is 9.53 Å². The lowest BCUT2D eigenvalue weighted by Crippen LogP contribution is -2.36. The molecule has 0 bridgehead atoms. The van der Waals surface area contributed by atoms with Crippen LogP contribution in [-0.4, -0.2) is 59.1 Å². The molecule has 5 rings (SSSR count). The van der Waals surface area contributed by atoms with Gasteiger partial charge in [-0.15, -0.1) is 11.3 Å². The molecule has 4 heterocycles. The Balaban J connectivity index is 1.62. The third-order valence-corrected chi connectivity index (χ3v) is 6.56. The zero-order chi connectivity index (χ0) is 20.7. The number of fused-ring (bicyclic) bond motifs is 2. The summed E-state index contributed by atoms with van der Waals surface area (Å²) in [5.41, 5.74) is 3.01. The third kappa shape index (κ3) is 3.53. The highest BCUT2D eigenvalue weighted by Crippen LogP contribution is 2.35. The number of nitrogens with one attached hydrogen (secondary N) is 1. The molecule has 8 heteroatoms. The van der Waals surface area contributed by atoms with Crippen LogP contribution in [0.4, 0.5) is 5.82 Å². The average molecular weight is 422 g/mol. The molecule has 1 amide bonds. The quantitative estimate of drug-likeness (QED) is 0.544. The number of H-pyrrole nitrogens is 1. The van der Waals surface area contributed by atoms with Crippen LogP contribution in [0.3, 0.4) is 0 Å². The number of aromatic amines is 1. The van der Waals surface area contributed by atoms with Gasteiger partial charge in [0.25, 0.3) is 0 Å². The summed E-state index contributed by atoms with van der Waals surface area (Å²) in [5, 5.41) is 1.14. The molecule has 1 fully saturated rings. The van der Waals surface area contributed by atoms with Gasteiger partial charge >= 0.3 is 0 Å². The molecule has 1 aromatic carbocycles. The molecule has 0 spiro atoms. The molecule has 1 aliphatic rings. The first-order chi connectivity index (χ1) is 14.6. The normalized spacial score (nSPS) is 14.5. The number of anilines is 1. The SMILES string of the molecule is CC(=O)N(C)Cc1cc2nc(-c3ccc4[nH]ccc4c3)nc(N3CCOCC3)c2s1. The van der Waals surface area contributed by atoms with E-state index in [1.807, 2.05) is 13.2 Å². The topological polar surface area (TPSA) is 74.4 Å². The van der Waals surface area contributed by atoms with Gasteiger partial charge < -0.3 is 19.5 Å². The van der Waals surface area contributed by atoms with E-state index in [1.165, 1.54) is 0 Å². The number of ether oxygens (including phenoxy) is 1.